The Hall–Kier alpha value is -4.62. The number of ether oxygens (including phenoxy) is 6. The molecule has 2 aromatic heterocycles. The minimum absolute atomic E-state index is 0.169. The van der Waals surface area contributed by atoms with Crippen molar-refractivity contribution < 1.29 is 62.1 Å². The van der Waals surface area contributed by atoms with E-state index >= 15 is 0 Å². The molecule has 378 valence electrons. The van der Waals surface area contributed by atoms with E-state index in [9.17, 15) is 28.6 Å². The van der Waals surface area contributed by atoms with Crippen molar-refractivity contribution in [2.75, 3.05) is 7.11 Å². The molecule has 3 saturated heterocycles. The van der Waals surface area contributed by atoms with E-state index in [0.717, 1.165) is 54.4 Å². The fraction of sp³-hybridized carbons (Fsp3) is 0.370. The Labute approximate surface area is 429 Å². The predicted molar refractivity (Wildman–Crippen MR) is 269 cm³/mol. The van der Waals surface area contributed by atoms with E-state index in [4.69, 9.17) is 56.7 Å². The first-order valence-electron chi connectivity index (χ1n) is 22.9. The quantitative estimate of drug-likeness (QED) is 0.106. The highest BCUT2D eigenvalue weighted by atomic mass is 35.5. The van der Waals surface area contributed by atoms with Gasteiger partial charge in [0, 0.05) is 69.3 Å². The molecule has 2 unspecified atom stereocenters. The zero-order valence-corrected chi connectivity index (χ0v) is 43.2. The summed E-state index contributed by atoms with van der Waals surface area (Å²) in [5.74, 6) is -2.46. The molecule has 71 heavy (non-hydrogen) atoms. The van der Waals surface area contributed by atoms with Crippen LogP contribution in [0.25, 0.3) is 20.9 Å². The van der Waals surface area contributed by atoms with Crippen LogP contribution in [0.15, 0.2) is 109 Å². The number of carbonyl (C=O) groups is 2. The monoisotopic (exact) mass is 1050 g/mol. The van der Waals surface area contributed by atoms with E-state index in [0.29, 0.717) is 28.5 Å². The summed E-state index contributed by atoms with van der Waals surface area (Å²) in [6.45, 7) is 10.0. The van der Waals surface area contributed by atoms with Gasteiger partial charge in [-0.2, -0.15) is 0 Å². The normalized spacial score (nSPS) is 24.7. The molecule has 3 aliphatic rings. The Balaban J connectivity index is 0.000000202. The summed E-state index contributed by atoms with van der Waals surface area (Å²) in [5.41, 5.74) is 5.02. The first kappa shape index (κ1) is 54.2. The third-order valence-corrected chi connectivity index (χ3v) is 15.3. The highest BCUT2D eigenvalue weighted by molar-refractivity contribution is 7.15. The third kappa shape index (κ3) is 13.1. The number of fused-ring (bicyclic) bond motifs is 1. The number of aliphatic hydroxyl groups excluding tert-OH is 3. The largest absolute Gasteiger partial charge is 0.458 e. The molecule has 3 N–H and O–H groups in total. The molecule has 11 nitrogen and oxygen atoms in total. The lowest BCUT2D eigenvalue weighted by atomic mass is 9.85. The van der Waals surface area contributed by atoms with Crippen LogP contribution >= 0.6 is 45.9 Å². The molecule has 5 heterocycles. The average Bonchev–Trinajstić information content (AvgIpc) is 4.13. The molecule has 0 spiro atoms. The highest BCUT2D eigenvalue weighted by Crippen LogP contribution is 2.43. The van der Waals surface area contributed by atoms with E-state index in [-0.39, 0.29) is 23.7 Å². The molecule has 3 aliphatic heterocycles. The topological polar surface area (TPSA) is 150 Å². The van der Waals surface area contributed by atoms with Crippen molar-refractivity contribution in [3.63, 3.8) is 0 Å². The average molecular weight is 1050 g/mol. The van der Waals surface area contributed by atoms with Gasteiger partial charge in [0.05, 0.1) is 6.10 Å². The summed E-state index contributed by atoms with van der Waals surface area (Å²) < 4.78 is 61.2. The smallest absolute Gasteiger partial charge is 0.303 e. The van der Waals surface area contributed by atoms with E-state index < -0.39 is 66.7 Å². The molecule has 6 aromatic rings. The maximum absolute atomic E-state index is 13.3. The molecule has 9 rings (SSSR count). The van der Waals surface area contributed by atoms with Crippen molar-refractivity contribution in [2.45, 2.75) is 115 Å². The van der Waals surface area contributed by atoms with Gasteiger partial charge in [0.15, 0.2) is 18.2 Å². The lowest BCUT2D eigenvalue weighted by molar-refractivity contribution is -0.226. The second kappa shape index (κ2) is 23.5. The maximum atomic E-state index is 13.3. The third-order valence-electron chi connectivity index (χ3n) is 12.3. The van der Waals surface area contributed by atoms with Crippen molar-refractivity contribution in [1.29, 1.82) is 0 Å². The summed E-state index contributed by atoms with van der Waals surface area (Å²) in [6.07, 6.45) is -5.49. The Kier molecular flexibility index (Phi) is 17.9. The summed E-state index contributed by atoms with van der Waals surface area (Å²) in [5, 5.41) is 29.8. The van der Waals surface area contributed by atoms with Crippen LogP contribution < -0.4 is 0 Å². The standard InChI is InChI=1S/C28H28ClFO5S.C25H24ClFO5S.CH4O/c1-15-16(2)33-27(28(35-18(4)32)26(15)34-17(3)31)20-7-11-24(29)21(13-20)14-23-10-12-25(36-23)19-5-8-22(30)9-6-19;1-25(2)31-23-21(29)22(30-24(23)32-25)20(28)14-5-9-18(26)15(11-14)12-17-8-10-19(33-17)13-3-6-16(27)7-4-13;1-2/h5-13,15-16,26-28H,14H2,1-4H3;3-11,20-24,28-29H,12H2,1-2H3;2H,1H3/t15-,16-,26+,27?,28-;20?,21-,22+,23+,24+;/m11./s1. The Bertz CT molecular complexity index is 2770. The summed E-state index contributed by atoms with van der Waals surface area (Å²) >= 11 is 16.2. The molecule has 0 amide bonds. The predicted octanol–water partition coefficient (Wildman–Crippen LogP) is 11.4. The van der Waals surface area contributed by atoms with Crippen LogP contribution in [0.4, 0.5) is 8.78 Å². The lowest BCUT2D eigenvalue weighted by Crippen LogP contribution is -2.52. The van der Waals surface area contributed by atoms with E-state index in [1.165, 1.54) is 38.1 Å². The van der Waals surface area contributed by atoms with Gasteiger partial charge in [-0.05, 0) is 115 Å². The van der Waals surface area contributed by atoms with Crippen LogP contribution in [0.2, 0.25) is 10.0 Å². The van der Waals surface area contributed by atoms with Gasteiger partial charge in [0.25, 0.3) is 0 Å². The molecular formula is C54H56Cl2F2O11S2. The molecule has 10 atom stereocenters. The van der Waals surface area contributed by atoms with E-state index in [2.05, 4.69) is 0 Å². The number of esters is 2. The molecule has 0 saturated carbocycles. The summed E-state index contributed by atoms with van der Waals surface area (Å²) in [6, 6.07) is 31.8. The Morgan fingerprint density at radius 1 is 0.704 bits per heavy atom. The van der Waals surface area contributed by atoms with Gasteiger partial charge >= 0.3 is 11.9 Å². The lowest BCUT2D eigenvalue weighted by Gasteiger charge is -2.43. The number of benzene rings is 4. The highest BCUT2D eigenvalue weighted by Gasteiger charge is 2.56. The Morgan fingerprint density at radius 2 is 1.21 bits per heavy atom. The zero-order chi connectivity index (χ0) is 51.3. The van der Waals surface area contributed by atoms with Gasteiger partial charge in [-0.3, -0.25) is 9.59 Å². The first-order chi connectivity index (χ1) is 33.8. The molecule has 0 aliphatic carbocycles. The van der Waals surface area contributed by atoms with Gasteiger partial charge in [-0.25, -0.2) is 8.78 Å². The number of carbonyl (C=O) groups excluding carboxylic acids is 2. The van der Waals surface area contributed by atoms with Crippen LogP contribution in [0.1, 0.15) is 85.8 Å². The number of halogens is 4. The van der Waals surface area contributed by atoms with Crippen molar-refractivity contribution in [3.8, 4) is 20.9 Å². The number of hydrogen-bond donors (Lipinski definition) is 3. The van der Waals surface area contributed by atoms with Crippen LogP contribution in [0.5, 0.6) is 0 Å². The molecule has 17 heteroatoms. The van der Waals surface area contributed by atoms with Crippen LogP contribution in [-0.2, 0) is 50.9 Å². The second-order valence-corrected chi connectivity index (χ2v) is 21.0. The zero-order valence-electron chi connectivity index (χ0n) is 40.0. The molecule has 3 fully saturated rings. The molecule has 0 radical (unpaired) electrons. The minimum atomic E-state index is -1.07. The van der Waals surface area contributed by atoms with Gasteiger partial charge in [-0.15, -0.1) is 22.7 Å². The van der Waals surface area contributed by atoms with Crippen LogP contribution in [0.3, 0.4) is 0 Å². The van der Waals surface area contributed by atoms with Crippen molar-refractivity contribution in [2.24, 2.45) is 5.92 Å². The number of rotatable bonds is 11. The molecule has 0 bridgehead atoms. The van der Waals surface area contributed by atoms with Gasteiger partial charge in [0.1, 0.15) is 48.3 Å². The minimum Gasteiger partial charge on any atom is -0.458 e. The van der Waals surface area contributed by atoms with Gasteiger partial charge < -0.3 is 43.7 Å². The molecular weight excluding hydrogens is 998 g/mol. The van der Waals surface area contributed by atoms with Crippen molar-refractivity contribution >= 4 is 57.8 Å². The number of aliphatic hydroxyl groups is 3. The maximum Gasteiger partial charge on any atom is 0.303 e. The fourth-order valence-corrected chi connectivity index (χ4v) is 11.2. The summed E-state index contributed by atoms with van der Waals surface area (Å²) in [7, 11) is 1.00. The number of hydrogen-bond acceptors (Lipinski definition) is 13. The van der Waals surface area contributed by atoms with Gasteiger partial charge in [0.2, 0.25) is 0 Å². The molecule has 4 aromatic carbocycles. The second-order valence-electron chi connectivity index (χ2n) is 17.9. The van der Waals surface area contributed by atoms with E-state index in [1.807, 2.05) is 56.3 Å². The summed E-state index contributed by atoms with van der Waals surface area (Å²) in [4.78, 5) is 28.0. The van der Waals surface area contributed by atoms with E-state index in [1.54, 1.807) is 79.0 Å². The number of thiophene rings is 2. The Morgan fingerprint density at radius 3 is 1.73 bits per heavy atom. The van der Waals surface area contributed by atoms with Crippen molar-refractivity contribution in [3.05, 3.63) is 163 Å². The SMILES string of the molecule is CC(=O)O[C@H]1[C@H](C)[C@@H](C)OC(c2ccc(Cl)c(Cc3ccc(-c4ccc(F)cc4)s3)c2)[C@@H]1OC(C)=O.CC1(C)O[C@@H]2O[C@@H](C(O)c3ccc(Cl)c(Cc4ccc(-c5ccc(F)cc5)s4)c3)[C@@H](O)[C@@H]2O1.CO. The van der Waals surface area contributed by atoms with Crippen LogP contribution in [0, 0.1) is 17.6 Å². The first-order valence-corrected chi connectivity index (χ1v) is 25.3. The van der Waals surface area contributed by atoms with Crippen LogP contribution in [-0.4, -0.2) is 83.1 Å². The van der Waals surface area contributed by atoms with Crippen molar-refractivity contribution in [1.82, 2.24) is 0 Å². The fourth-order valence-electron chi connectivity index (χ4n) is 8.77. The van der Waals surface area contributed by atoms with Gasteiger partial charge in [-0.1, -0.05) is 78.7 Å².